The van der Waals surface area contributed by atoms with E-state index in [1.807, 2.05) is 31.2 Å². The van der Waals surface area contributed by atoms with Crippen molar-refractivity contribution in [2.45, 2.75) is 52.1 Å². The zero-order valence-corrected chi connectivity index (χ0v) is 17.5. The molecule has 1 fully saturated rings. The Kier molecular flexibility index (Phi) is 7.22. The maximum absolute atomic E-state index is 12.7. The van der Waals surface area contributed by atoms with Gasteiger partial charge in [0.05, 0.1) is 11.3 Å². The van der Waals surface area contributed by atoms with Crippen molar-refractivity contribution in [1.29, 1.82) is 0 Å². The van der Waals surface area contributed by atoms with Gasteiger partial charge in [0.1, 0.15) is 0 Å². The number of anilines is 1. The van der Waals surface area contributed by atoms with Crippen LogP contribution in [0, 0.1) is 12.8 Å². The highest BCUT2D eigenvalue weighted by atomic mass is 16.2. The molecule has 1 aliphatic carbocycles. The molecule has 3 rings (SSSR count). The number of benzene rings is 2. The number of aryl methyl sites for hydroxylation is 1. The molecule has 2 aromatic rings. The van der Waals surface area contributed by atoms with E-state index in [0.29, 0.717) is 23.7 Å². The van der Waals surface area contributed by atoms with E-state index in [0.717, 1.165) is 36.8 Å². The maximum atomic E-state index is 12.7. The monoisotopic (exact) mass is 407 g/mol. The molecular weight excluding hydrogens is 378 g/mol. The summed E-state index contributed by atoms with van der Waals surface area (Å²) in [5.41, 5.74) is 2.75. The van der Waals surface area contributed by atoms with Gasteiger partial charge in [-0.05, 0) is 61.8 Å². The van der Waals surface area contributed by atoms with Gasteiger partial charge < -0.3 is 16.0 Å². The molecule has 0 saturated heterocycles. The highest BCUT2D eigenvalue weighted by molar-refractivity contribution is 6.40. The molecule has 2 aromatic carbocycles. The highest BCUT2D eigenvalue weighted by Crippen LogP contribution is 2.23. The SMILES string of the molecule is Cc1ccccc1CNC(=O)c1ccccc1NC(=O)C(=O)NC1CCC(C)CC1. The number of hydrogen-bond donors (Lipinski definition) is 3. The lowest BCUT2D eigenvalue weighted by Crippen LogP contribution is -2.43. The molecule has 6 heteroatoms. The Hall–Kier alpha value is -3.15. The molecule has 158 valence electrons. The van der Waals surface area contributed by atoms with Gasteiger partial charge in [-0.25, -0.2) is 0 Å². The van der Waals surface area contributed by atoms with Crippen LogP contribution in [0.5, 0.6) is 0 Å². The van der Waals surface area contributed by atoms with Gasteiger partial charge in [0.2, 0.25) is 0 Å². The number of carbonyl (C=O) groups is 3. The fourth-order valence-corrected chi connectivity index (χ4v) is 3.70. The Bertz CT molecular complexity index is 917. The van der Waals surface area contributed by atoms with Crippen molar-refractivity contribution >= 4 is 23.4 Å². The Morgan fingerprint density at radius 2 is 1.57 bits per heavy atom. The predicted molar refractivity (Wildman–Crippen MR) is 117 cm³/mol. The van der Waals surface area contributed by atoms with Gasteiger partial charge in [-0.1, -0.05) is 43.3 Å². The van der Waals surface area contributed by atoms with Crippen LogP contribution in [0.1, 0.15) is 54.1 Å². The molecule has 3 N–H and O–H groups in total. The maximum Gasteiger partial charge on any atom is 0.313 e. The fraction of sp³-hybridized carbons (Fsp3) is 0.375. The largest absolute Gasteiger partial charge is 0.348 e. The van der Waals surface area contributed by atoms with Crippen LogP contribution in [0.3, 0.4) is 0 Å². The summed E-state index contributed by atoms with van der Waals surface area (Å²) >= 11 is 0. The zero-order valence-electron chi connectivity index (χ0n) is 17.5. The van der Waals surface area contributed by atoms with Crippen molar-refractivity contribution in [3.8, 4) is 0 Å². The second-order valence-corrected chi connectivity index (χ2v) is 8.04. The number of para-hydroxylation sites is 1. The lowest BCUT2D eigenvalue weighted by atomic mass is 9.87. The minimum atomic E-state index is -0.757. The van der Waals surface area contributed by atoms with Crippen molar-refractivity contribution in [1.82, 2.24) is 10.6 Å². The molecule has 6 nitrogen and oxygen atoms in total. The van der Waals surface area contributed by atoms with Crippen LogP contribution in [0.4, 0.5) is 5.69 Å². The number of amides is 3. The molecule has 0 radical (unpaired) electrons. The molecule has 0 aromatic heterocycles. The van der Waals surface area contributed by atoms with Gasteiger partial charge in [0.15, 0.2) is 0 Å². The van der Waals surface area contributed by atoms with Crippen LogP contribution in [0.25, 0.3) is 0 Å². The van der Waals surface area contributed by atoms with E-state index in [-0.39, 0.29) is 11.9 Å². The lowest BCUT2D eigenvalue weighted by Gasteiger charge is -2.26. The minimum absolute atomic E-state index is 0.0344. The first-order valence-electron chi connectivity index (χ1n) is 10.5. The average molecular weight is 408 g/mol. The summed E-state index contributed by atoms with van der Waals surface area (Å²) in [6.07, 6.45) is 3.88. The summed E-state index contributed by atoms with van der Waals surface area (Å²) in [6.45, 7) is 4.57. The number of carbonyl (C=O) groups excluding carboxylic acids is 3. The molecule has 0 heterocycles. The predicted octanol–water partition coefficient (Wildman–Crippen LogP) is 3.56. The van der Waals surface area contributed by atoms with Gasteiger partial charge in [0.25, 0.3) is 5.91 Å². The molecule has 0 aliphatic heterocycles. The van der Waals surface area contributed by atoms with Gasteiger partial charge in [0, 0.05) is 12.6 Å². The Balaban J connectivity index is 1.60. The molecule has 0 bridgehead atoms. The van der Waals surface area contributed by atoms with E-state index in [1.54, 1.807) is 24.3 Å². The second-order valence-electron chi connectivity index (χ2n) is 8.04. The first-order chi connectivity index (χ1) is 14.4. The average Bonchev–Trinajstić information content (AvgIpc) is 2.75. The van der Waals surface area contributed by atoms with Crippen LogP contribution in [-0.4, -0.2) is 23.8 Å². The Morgan fingerprint density at radius 3 is 2.30 bits per heavy atom. The third kappa shape index (κ3) is 5.69. The summed E-state index contributed by atoms with van der Waals surface area (Å²) in [4.78, 5) is 37.4. The Morgan fingerprint density at radius 1 is 0.900 bits per heavy atom. The van der Waals surface area contributed by atoms with Crippen LogP contribution in [0.15, 0.2) is 48.5 Å². The third-order valence-electron chi connectivity index (χ3n) is 5.68. The van der Waals surface area contributed by atoms with Crippen LogP contribution < -0.4 is 16.0 Å². The van der Waals surface area contributed by atoms with Crippen molar-refractivity contribution in [3.63, 3.8) is 0 Å². The lowest BCUT2D eigenvalue weighted by molar-refractivity contribution is -0.136. The van der Waals surface area contributed by atoms with Gasteiger partial charge >= 0.3 is 11.8 Å². The van der Waals surface area contributed by atoms with Gasteiger partial charge in [-0.3, -0.25) is 14.4 Å². The summed E-state index contributed by atoms with van der Waals surface area (Å²) in [6, 6.07) is 14.5. The van der Waals surface area contributed by atoms with E-state index >= 15 is 0 Å². The standard InChI is InChI=1S/C24H29N3O3/c1-16-11-13-19(14-12-16)26-23(29)24(30)27-21-10-6-5-9-20(21)22(28)25-15-18-8-4-3-7-17(18)2/h3-10,16,19H,11-15H2,1-2H3,(H,25,28)(H,26,29)(H,27,30). The van der Waals surface area contributed by atoms with Crippen molar-refractivity contribution in [2.24, 2.45) is 5.92 Å². The van der Waals surface area contributed by atoms with Crippen LogP contribution in [0.2, 0.25) is 0 Å². The highest BCUT2D eigenvalue weighted by Gasteiger charge is 2.23. The third-order valence-corrected chi connectivity index (χ3v) is 5.68. The summed E-state index contributed by atoms with van der Waals surface area (Å²) in [5, 5.41) is 8.27. The number of nitrogens with one attached hydrogen (secondary N) is 3. The Labute approximate surface area is 177 Å². The van der Waals surface area contributed by atoms with Crippen LogP contribution >= 0.6 is 0 Å². The summed E-state index contributed by atoms with van der Waals surface area (Å²) in [5.74, 6) is -1.06. The second kappa shape index (κ2) is 10.1. The first-order valence-corrected chi connectivity index (χ1v) is 10.5. The molecule has 0 unspecified atom stereocenters. The van der Waals surface area contributed by atoms with Crippen molar-refractivity contribution < 1.29 is 14.4 Å². The molecule has 1 aliphatic rings. The van der Waals surface area contributed by atoms with Crippen LogP contribution in [-0.2, 0) is 16.1 Å². The van der Waals surface area contributed by atoms with Gasteiger partial charge in [-0.2, -0.15) is 0 Å². The summed E-state index contributed by atoms with van der Waals surface area (Å²) < 4.78 is 0. The number of hydrogen-bond acceptors (Lipinski definition) is 3. The van der Waals surface area contributed by atoms with E-state index < -0.39 is 11.8 Å². The molecule has 3 amide bonds. The zero-order chi connectivity index (χ0) is 21.5. The minimum Gasteiger partial charge on any atom is -0.348 e. The molecule has 30 heavy (non-hydrogen) atoms. The topological polar surface area (TPSA) is 87.3 Å². The molecular formula is C24H29N3O3. The quantitative estimate of drug-likeness (QED) is 0.663. The molecule has 0 spiro atoms. The smallest absolute Gasteiger partial charge is 0.313 e. The number of rotatable bonds is 5. The fourth-order valence-electron chi connectivity index (χ4n) is 3.70. The van der Waals surface area contributed by atoms with Crippen molar-refractivity contribution in [2.75, 3.05) is 5.32 Å². The van der Waals surface area contributed by atoms with Crippen molar-refractivity contribution in [3.05, 3.63) is 65.2 Å². The van der Waals surface area contributed by atoms with E-state index in [2.05, 4.69) is 22.9 Å². The molecule has 1 saturated carbocycles. The van der Waals surface area contributed by atoms with E-state index in [4.69, 9.17) is 0 Å². The van der Waals surface area contributed by atoms with E-state index in [9.17, 15) is 14.4 Å². The normalized spacial score (nSPS) is 18.3. The molecule has 0 atom stereocenters. The van der Waals surface area contributed by atoms with E-state index in [1.165, 1.54) is 0 Å². The van der Waals surface area contributed by atoms with Gasteiger partial charge in [-0.15, -0.1) is 0 Å². The first kappa shape index (κ1) is 21.6. The summed E-state index contributed by atoms with van der Waals surface area (Å²) in [7, 11) is 0.